The Morgan fingerprint density at radius 2 is 1.55 bits per heavy atom. The van der Waals surface area contributed by atoms with Gasteiger partial charge < -0.3 is 20.1 Å². The number of anilines is 1. The fraction of sp³-hybridized carbons (Fsp3) is 0.444. The van der Waals surface area contributed by atoms with E-state index in [1.54, 1.807) is 24.3 Å². The third-order valence-corrected chi connectivity index (χ3v) is 11.6. The summed E-state index contributed by atoms with van der Waals surface area (Å²) in [7, 11) is -4.31. The molecule has 0 spiro atoms. The highest BCUT2D eigenvalue weighted by Crippen LogP contribution is 2.49. The summed E-state index contributed by atoms with van der Waals surface area (Å²) in [5, 5.41) is 5.51. The van der Waals surface area contributed by atoms with Gasteiger partial charge in [0.15, 0.2) is 0 Å². The van der Waals surface area contributed by atoms with Gasteiger partial charge in [-0.2, -0.15) is 13.2 Å². The van der Waals surface area contributed by atoms with Crippen LogP contribution in [-0.4, -0.2) is 44.5 Å². The Kier molecular flexibility index (Phi) is 9.56. The molecular weight excluding hydrogens is 664 g/mol. The van der Waals surface area contributed by atoms with Crippen molar-refractivity contribution in [3.8, 4) is 22.6 Å². The number of methoxy groups -OCH3 is 1. The van der Waals surface area contributed by atoms with Crippen molar-refractivity contribution in [2.45, 2.75) is 75.9 Å². The van der Waals surface area contributed by atoms with Crippen LogP contribution in [-0.2, 0) is 14.6 Å². The molecule has 264 valence electrons. The van der Waals surface area contributed by atoms with Gasteiger partial charge in [0, 0.05) is 28.8 Å². The number of sulfone groups is 1. The summed E-state index contributed by atoms with van der Waals surface area (Å²) < 4.78 is 90.1. The number of carbonyl (C=O) groups excluding carboxylic acids is 2. The standard InChI is InChI=1S/C36H40F4N2O6S/c1-34(2,3)35(4,5)48-24-14-12-20(13-15-24)26-18-27(29(47-6)19-28(26)37)32(43)42-31-22-11-10-21(16-22)30(31)33(44)41-23-8-7-9-25(17-23)49(45,46)36(38,39)40/h7-9,12-15,17-19,21-22,30-31H,10-11,16H2,1-6H3,(H,41,44)(H,42,43)/t21-,22+,30+,31-/m1/s1. The second kappa shape index (κ2) is 13.0. The monoisotopic (exact) mass is 704 g/mol. The lowest BCUT2D eigenvalue weighted by atomic mass is 9.79. The van der Waals surface area contributed by atoms with Crippen molar-refractivity contribution in [2.75, 3.05) is 12.4 Å². The molecule has 5 rings (SSSR count). The molecular formula is C36H40F4N2O6S. The summed E-state index contributed by atoms with van der Waals surface area (Å²) in [5.74, 6) is -2.03. The second-order valence-electron chi connectivity index (χ2n) is 14.2. The predicted octanol–water partition coefficient (Wildman–Crippen LogP) is 7.78. The van der Waals surface area contributed by atoms with E-state index in [0.717, 1.165) is 30.7 Å². The van der Waals surface area contributed by atoms with Gasteiger partial charge in [-0.05, 0) is 86.9 Å². The number of carbonyl (C=O) groups is 2. The molecule has 13 heteroatoms. The highest BCUT2D eigenvalue weighted by molar-refractivity contribution is 7.92. The molecule has 0 radical (unpaired) electrons. The van der Waals surface area contributed by atoms with E-state index in [1.807, 2.05) is 13.8 Å². The number of hydrogen-bond donors (Lipinski definition) is 2. The minimum Gasteiger partial charge on any atom is -0.496 e. The molecule has 2 aliphatic rings. The summed E-state index contributed by atoms with van der Waals surface area (Å²) in [4.78, 5) is 26.3. The van der Waals surface area contributed by atoms with Crippen LogP contribution < -0.4 is 20.1 Å². The van der Waals surface area contributed by atoms with Crippen LogP contribution in [0.15, 0.2) is 65.6 Å². The molecule has 2 saturated carbocycles. The number of amides is 2. The minimum atomic E-state index is -5.62. The van der Waals surface area contributed by atoms with E-state index in [4.69, 9.17) is 9.47 Å². The van der Waals surface area contributed by atoms with Crippen LogP contribution in [0, 0.1) is 29.0 Å². The predicted molar refractivity (Wildman–Crippen MR) is 176 cm³/mol. The number of fused-ring (bicyclic) bond motifs is 2. The van der Waals surface area contributed by atoms with Crippen LogP contribution in [0.2, 0.25) is 0 Å². The molecule has 0 saturated heterocycles. The summed E-state index contributed by atoms with van der Waals surface area (Å²) in [6, 6.07) is 12.7. The first-order valence-corrected chi connectivity index (χ1v) is 17.4. The maximum absolute atomic E-state index is 15.4. The Balaban J connectivity index is 1.37. The highest BCUT2D eigenvalue weighted by Gasteiger charge is 2.52. The van der Waals surface area contributed by atoms with Crippen LogP contribution in [0.5, 0.6) is 11.5 Å². The van der Waals surface area contributed by atoms with Crippen molar-refractivity contribution in [3.05, 3.63) is 72.0 Å². The van der Waals surface area contributed by atoms with Crippen LogP contribution in [0.25, 0.3) is 11.1 Å². The fourth-order valence-electron chi connectivity index (χ4n) is 6.48. The van der Waals surface area contributed by atoms with E-state index < -0.39 is 55.4 Å². The number of rotatable bonds is 9. The molecule has 2 bridgehead atoms. The van der Waals surface area contributed by atoms with Gasteiger partial charge in [0.05, 0.1) is 23.5 Å². The van der Waals surface area contributed by atoms with Crippen molar-refractivity contribution in [3.63, 3.8) is 0 Å². The molecule has 3 aromatic carbocycles. The third-order valence-electron chi connectivity index (χ3n) is 10.1. The normalized spacial score (nSPS) is 20.9. The van der Waals surface area contributed by atoms with E-state index in [1.165, 1.54) is 19.2 Å². The lowest BCUT2D eigenvalue weighted by molar-refractivity contribution is -0.122. The summed E-state index contributed by atoms with van der Waals surface area (Å²) >= 11 is 0. The topological polar surface area (TPSA) is 111 Å². The quantitative estimate of drug-likeness (QED) is 0.220. The van der Waals surface area contributed by atoms with Gasteiger partial charge in [-0.1, -0.05) is 39.0 Å². The molecule has 2 N–H and O–H groups in total. The SMILES string of the molecule is COc1cc(F)c(-c2ccc(OC(C)(C)C(C)(C)C)cc2)cc1C(=O)N[C@@H]1[C@H]2CC[C@H](C2)[C@@H]1C(=O)Nc1cccc(S(=O)(=O)C(F)(F)F)c1. The van der Waals surface area contributed by atoms with E-state index in [-0.39, 0.29) is 39.8 Å². The minimum absolute atomic E-state index is 0.00234. The van der Waals surface area contributed by atoms with E-state index in [9.17, 15) is 31.2 Å². The Hall–Kier alpha value is -4.13. The number of halogens is 4. The maximum atomic E-state index is 15.4. The summed E-state index contributed by atoms with van der Waals surface area (Å²) in [6.07, 6.45) is 2.12. The van der Waals surface area contributed by atoms with Gasteiger partial charge in [0.1, 0.15) is 22.9 Å². The Morgan fingerprint density at radius 3 is 2.16 bits per heavy atom. The lowest BCUT2D eigenvalue weighted by Gasteiger charge is -2.39. The second-order valence-corrected chi connectivity index (χ2v) is 16.2. The van der Waals surface area contributed by atoms with E-state index >= 15 is 4.39 Å². The molecule has 8 nitrogen and oxygen atoms in total. The Labute approximate surface area is 283 Å². The average molecular weight is 705 g/mol. The number of alkyl halides is 3. The molecule has 49 heavy (non-hydrogen) atoms. The molecule has 0 aliphatic heterocycles. The van der Waals surface area contributed by atoms with Crippen molar-refractivity contribution < 1.29 is 45.0 Å². The molecule has 0 aromatic heterocycles. The van der Waals surface area contributed by atoms with E-state index in [2.05, 4.69) is 31.4 Å². The van der Waals surface area contributed by atoms with Crippen LogP contribution in [0.3, 0.4) is 0 Å². The first-order chi connectivity index (χ1) is 22.7. The number of ether oxygens (including phenoxy) is 2. The van der Waals surface area contributed by atoms with Crippen molar-refractivity contribution in [1.29, 1.82) is 0 Å². The van der Waals surface area contributed by atoms with Gasteiger partial charge in [-0.15, -0.1) is 0 Å². The zero-order valence-electron chi connectivity index (χ0n) is 28.1. The maximum Gasteiger partial charge on any atom is 0.501 e. The molecule has 2 amide bonds. The number of nitrogens with one attached hydrogen (secondary N) is 2. The van der Waals surface area contributed by atoms with Crippen molar-refractivity contribution >= 4 is 27.3 Å². The zero-order chi connectivity index (χ0) is 36.1. The Morgan fingerprint density at radius 1 is 0.898 bits per heavy atom. The van der Waals surface area contributed by atoms with E-state index in [0.29, 0.717) is 24.2 Å². The average Bonchev–Trinajstić information content (AvgIpc) is 3.62. The van der Waals surface area contributed by atoms with Gasteiger partial charge in [-0.25, -0.2) is 12.8 Å². The molecule has 2 aliphatic carbocycles. The van der Waals surface area contributed by atoms with Crippen molar-refractivity contribution in [1.82, 2.24) is 5.32 Å². The van der Waals surface area contributed by atoms with Crippen LogP contribution in [0.4, 0.5) is 23.2 Å². The first kappa shape index (κ1) is 36.2. The first-order valence-electron chi connectivity index (χ1n) is 15.9. The van der Waals surface area contributed by atoms with Gasteiger partial charge >= 0.3 is 5.51 Å². The molecule has 0 unspecified atom stereocenters. The number of benzene rings is 3. The molecule has 2 fully saturated rings. The smallest absolute Gasteiger partial charge is 0.496 e. The van der Waals surface area contributed by atoms with Gasteiger partial charge in [0.2, 0.25) is 5.91 Å². The Bertz CT molecular complexity index is 1850. The van der Waals surface area contributed by atoms with Crippen molar-refractivity contribution in [2.24, 2.45) is 23.2 Å². The highest BCUT2D eigenvalue weighted by atomic mass is 32.2. The van der Waals surface area contributed by atoms with Gasteiger partial charge in [-0.3, -0.25) is 9.59 Å². The molecule has 4 atom stereocenters. The van der Waals surface area contributed by atoms with Gasteiger partial charge in [0.25, 0.3) is 15.7 Å². The number of hydrogen-bond acceptors (Lipinski definition) is 6. The molecule has 0 heterocycles. The molecule has 3 aromatic rings. The fourth-order valence-corrected chi connectivity index (χ4v) is 7.29. The van der Waals surface area contributed by atoms with Crippen LogP contribution in [0.1, 0.15) is 64.2 Å². The largest absolute Gasteiger partial charge is 0.501 e. The third kappa shape index (κ3) is 7.13. The lowest BCUT2D eigenvalue weighted by Crippen LogP contribution is -2.48. The zero-order valence-corrected chi connectivity index (χ0v) is 28.9. The van der Waals surface area contributed by atoms with Crippen LogP contribution >= 0.6 is 0 Å². The summed E-state index contributed by atoms with van der Waals surface area (Å²) in [5.41, 5.74) is -5.55. The summed E-state index contributed by atoms with van der Waals surface area (Å²) in [6.45, 7) is 10.2.